The fraction of sp³-hybridized carbons (Fsp3) is 0.360. The van der Waals surface area contributed by atoms with Gasteiger partial charge in [-0.2, -0.15) is 0 Å². The van der Waals surface area contributed by atoms with Crippen LogP contribution in [-0.4, -0.2) is 58.8 Å². The summed E-state index contributed by atoms with van der Waals surface area (Å²) in [6.07, 6.45) is 3.09. The average Bonchev–Trinajstić information content (AvgIpc) is 2.81. The molecule has 0 saturated carbocycles. The molecule has 3 N–H and O–H groups in total. The monoisotopic (exact) mass is 503 g/mol. The Bertz CT molecular complexity index is 1240. The van der Waals surface area contributed by atoms with Gasteiger partial charge >= 0.3 is 0 Å². The van der Waals surface area contributed by atoms with Gasteiger partial charge < -0.3 is 25.0 Å². The number of aliphatic hydroxyl groups is 1. The highest BCUT2D eigenvalue weighted by molar-refractivity contribution is 6.42. The summed E-state index contributed by atoms with van der Waals surface area (Å²) in [7, 11) is 0. The highest BCUT2D eigenvalue weighted by atomic mass is 35.5. The Morgan fingerprint density at radius 2 is 1.88 bits per heavy atom. The van der Waals surface area contributed by atoms with Crippen molar-refractivity contribution < 1.29 is 14.6 Å². The molecule has 4 rings (SSSR count). The summed E-state index contributed by atoms with van der Waals surface area (Å²) in [5.74, 6) is 0.346. The van der Waals surface area contributed by atoms with Gasteiger partial charge in [0.1, 0.15) is 11.9 Å². The van der Waals surface area contributed by atoms with Crippen LogP contribution >= 0.6 is 23.2 Å². The lowest BCUT2D eigenvalue weighted by Crippen LogP contribution is -2.51. The smallest absolute Gasteiger partial charge is 0.255 e. The molecule has 1 fully saturated rings. The number of H-pyrrole nitrogens is 1. The number of halogens is 2. The van der Waals surface area contributed by atoms with E-state index < -0.39 is 5.60 Å². The van der Waals surface area contributed by atoms with Crippen LogP contribution in [-0.2, 0) is 0 Å². The number of nitrogens with zero attached hydrogens (tertiary/aromatic N) is 1. The van der Waals surface area contributed by atoms with Crippen LogP contribution in [0.25, 0.3) is 10.8 Å². The lowest BCUT2D eigenvalue weighted by molar-refractivity contribution is 0.00229. The number of pyridine rings is 1. The molecule has 7 nitrogen and oxygen atoms in total. The molecule has 2 aromatic carbocycles. The van der Waals surface area contributed by atoms with E-state index >= 15 is 0 Å². The number of nitrogens with one attached hydrogen (secondary N) is 2. The highest BCUT2D eigenvalue weighted by Gasteiger charge is 2.29. The van der Waals surface area contributed by atoms with E-state index in [0.29, 0.717) is 38.7 Å². The van der Waals surface area contributed by atoms with Crippen molar-refractivity contribution in [2.24, 2.45) is 0 Å². The molecule has 34 heavy (non-hydrogen) atoms. The van der Waals surface area contributed by atoms with E-state index in [-0.39, 0.29) is 24.1 Å². The lowest BCUT2D eigenvalue weighted by atomic mass is 10.0. The molecule has 1 saturated heterocycles. The quantitative estimate of drug-likeness (QED) is 0.455. The third kappa shape index (κ3) is 5.91. The molecule has 3 aromatic rings. The molecule has 1 unspecified atom stereocenters. The molecule has 0 spiro atoms. The van der Waals surface area contributed by atoms with E-state index in [9.17, 15) is 14.7 Å². The fourth-order valence-corrected chi connectivity index (χ4v) is 4.52. The lowest BCUT2D eigenvalue weighted by Gasteiger charge is -2.36. The number of aromatic nitrogens is 1. The number of rotatable bonds is 7. The molecule has 1 atom stereocenters. The number of β-amino-alcohol motifs (C(OH)–C–C–N with tert-alkyl or cyclic N) is 1. The van der Waals surface area contributed by atoms with Crippen LogP contribution in [0.5, 0.6) is 5.75 Å². The van der Waals surface area contributed by atoms with Gasteiger partial charge in [0.15, 0.2) is 0 Å². The first-order chi connectivity index (χ1) is 16.2. The molecule has 1 amide bonds. The number of hydrogen-bond donors (Lipinski definition) is 3. The molecule has 0 radical (unpaired) electrons. The first kappa shape index (κ1) is 24.5. The maximum absolute atomic E-state index is 12.8. The third-order valence-electron chi connectivity index (χ3n) is 5.98. The SMILES string of the molecule is CC(O)(CNC(=O)c1c[nH]c(=O)c2ccccc12)CN1CCC(Oc2ccc(Cl)c(Cl)c2)CC1. The molecular weight excluding hydrogens is 477 g/mol. The van der Waals surface area contributed by atoms with Crippen molar-refractivity contribution in [3.05, 3.63) is 74.6 Å². The molecule has 1 aromatic heterocycles. The molecule has 2 heterocycles. The van der Waals surface area contributed by atoms with Crippen molar-refractivity contribution in [1.82, 2.24) is 15.2 Å². The van der Waals surface area contributed by atoms with Crippen LogP contribution in [0.15, 0.2) is 53.5 Å². The van der Waals surface area contributed by atoms with Gasteiger partial charge in [0.05, 0.1) is 21.2 Å². The van der Waals surface area contributed by atoms with E-state index in [1.165, 1.54) is 6.20 Å². The second kappa shape index (κ2) is 10.4. The maximum atomic E-state index is 12.8. The van der Waals surface area contributed by atoms with Crippen LogP contribution in [0.4, 0.5) is 0 Å². The van der Waals surface area contributed by atoms with E-state index in [1.54, 1.807) is 49.4 Å². The summed E-state index contributed by atoms with van der Waals surface area (Å²) >= 11 is 12.0. The van der Waals surface area contributed by atoms with E-state index in [2.05, 4.69) is 15.2 Å². The van der Waals surface area contributed by atoms with Crippen molar-refractivity contribution in [1.29, 1.82) is 0 Å². The van der Waals surface area contributed by atoms with Crippen molar-refractivity contribution in [3.63, 3.8) is 0 Å². The minimum absolute atomic E-state index is 0.0617. The van der Waals surface area contributed by atoms with Crippen LogP contribution in [0.1, 0.15) is 30.1 Å². The topological polar surface area (TPSA) is 94.7 Å². The number of ether oxygens (including phenoxy) is 1. The van der Waals surface area contributed by atoms with E-state index in [0.717, 1.165) is 25.9 Å². The molecule has 0 aliphatic carbocycles. The van der Waals surface area contributed by atoms with Gasteiger partial charge in [0, 0.05) is 49.2 Å². The number of likely N-dealkylation sites (tertiary alicyclic amines) is 1. The summed E-state index contributed by atoms with van der Waals surface area (Å²) in [6, 6.07) is 12.2. The number of hydrogen-bond acceptors (Lipinski definition) is 5. The maximum Gasteiger partial charge on any atom is 0.255 e. The Morgan fingerprint density at radius 1 is 1.18 bits per heavy atom. The van der Waals surface area contributed by atoms with Crippen LogP contribution in [0.2, 0.25) is 10.0 Å². The number of amides is 1. The van der Waals surface area contributed by atoms with Gasteiger partial charge in [0.25, 0.3) is 11.5 Å². The van der Waals surface area contributed by atoms with E-state index in [4.69, 9.17) is 27.9 Å². The minimum atomic E-state index is -1.12. The summed E-state index contributed by atoms with van der Waals surface area (Å²) in [6.45, 7) is 3.73. The Balaban J connectivity index is 1.28. The number of carbonyl (C=O) groups excluding carboxylic acids is 1. The van der Waals surface area contributed by atoms with Gasteiger partial charge in [-0.3, -0.25) is 9.59 Å². The largest absolute Gasteiger partial charge is 0.490 e. The highest BCUT2D eigenvalue weighted by Crippen LogP contribution is 2.28. The number of benzene rings is 2. The van der Waals surface area contributed by atoms with Crippen molar-refractivity contribution in [2.75, 3.05) is 26.2 Å². The van der Waals surface area contributed by atoms with Crippen molar-refractivity contribution in [2.45, 2.75) is 31.5 Å². The zero-order chi connectivity index (χ0) is 24.3. The molecule has 9 heteroatoms. The van der Waals surface area contributed by atoms with Crippen LogP contribution in [0.3, 0.4) is 0 Å². The van der Waals surface area contributed by atoms with Crippen LogP contribution < -0.4 is 15.6 Å². The summed E-state index contributed by atoms with van der Waals surface area (Å²) < 4.78 is 6.03. The molecule has 0 bridgehead atoms. The number of piperidine rings is 1. The first-order valence-corrected chi connectivity index (χ1v) is 11.9. The van der Waals surface area contributed by atoms with Crippen molar-refractivity contribution in [3.8, 4) is 5.75 Å². The molecular formula is C25H27Cl2N3O4. The Morgan fingerprint density at radius 3 is 2.59 bits per heavy atom. The van der Waals surface area contributed by atoms with Gasteiger partial charge in [-0.25, -0.2) is 0 Å². The van der Waals surface area contributed by atoms with E-state index in [1.807, 2.05) is 0 Å². The van der Waals surface area contributed by atoms with Crippen molar-refractivity contribution >= 4 is 39.9 Å². The summed E-state index contributed by atoms with van der Waals surface area (Å²) in [4.78, 5) is 29.5. The fourth-order valence-electron chi connectivity index (χ4n) is 4.23. The average molecular weight is 504 g/mol. The zero-order valence-electron chi connectivity index (χ0n) is 18.8. The molecule has 1 aliphatic rings. The predicted molar refractivity (Wildman–Crippen MR) is 134 cm³/mol. The predicted octanol–water partition coefficient (Wildman–Crippen LogP) is 3.86. The third-order valence-corrected chi connectivity index (χ3v) is 6.72. The Hall–Kier alpha value is -2.58. The number of fused-ring (bicyclic) bond motifs is 1. The Kier molecular flexibility index (Phi) is 7.48. The number of aromatic amines is 1. The minimum Gasteiger partial charge on any atom is -0.490 e. The normalized spacial score (nSPS) is 16.8. The zero-order valence-corrected chi connectivity index (χ0v) is 20.3. The molecule has 180 valence electrons. The Labute approximate surface area is 207 Å². The summed E-state index contributed by atoms with van der Waals surface area (Å²) in [5, 5.41) is 15.7. The number of carbonyl (C=O) groups is 1. The van der Waals surface area contributed by atoms with Gasteiger partial charge in [-0.05, 0) is 38.0 Å². The molecule has 1 aliphatic heterocycles. The second-order valence-corrected chi connectivity index (χ2v) is 9.74. The second-order valence-electron chi connectivity index (χ2n) is 8.93. The van der Waals surface area contributed by atoms with Gasteiger partial charge in [-0.1, -0.05) is 41.4 Å². The first-order valence-electron chi connectivity index (χ1n) is 11.2. The van der Waals surface area contributed by atoms with Gasteiger partial charge in [0.2, 0.25) is 0 Å². The standard InChI is InChI=1S/C25H27Cl2N3O4/c1-25(33,14-29-24(32)20-13-28-23(31)19-5-3-2-4-18(19)20)15-30-10-8-16(9-11-30)34-17-6-7-21(26)22(27)12-17/h2-7,12-13,16,33H,8-11,14-15H2,1H3,(H,28,31)(H,29,32). The summed E-state index contributed by atoms with van der Waals surface area (Å²) in [5.41, 5.74) is -0.998. The van der Waals surface area contributed by atoms with Crippen LogP contribution in [0, 0.1) is 0 Å². The van der Waals surface area contributed by atoms with Gasteiger partial charge in [-0.15, -0.1) is 0 Å².